The van der Waals surface area contributed by atoms with Gasteiger partial charge in [0.15, 0.2) is 0 Å². The van der Waals surface area contributed by atoms with E-state index in [0.29, 0.717) is 12.6 Å². The fourth-order valence-corrected chi connectivity index (χ4v) is 4.34. The van der Waals surface area contributed by atoms with E-state index in [1.807, 2.05) is 0 Å². The van der Waals surface area contributed by atoms with Gasteiger partial charge in [0.25, 0.3) is 0 Å². The molecule has 24 heavy (non-hydrogen) atoms. The van der Waals surface area contributed by atoms with Gasteiger partial charge in [0.1, 0.15) is 0 Å². The second kappa shape index (κ2) is 5.51. The maximum atomic E-state index is 12.4. The molecule has 0 saturated heterocycles. The molecular weight excluding hydrogens is 296 g/mol. The fourth-order valence-electron chi connectivity index (χ4n) is 4.34. The molecule has 2 N–H and O–H groups in total. The molecule has 0 aliphatic heterocycles. The molecule has 3 nitrogen and oxygen atoms in total. The molecule has 2 fully saturated rings. The molecule has 0 aromatic heterocycles. The molecule has 3 heteroatoms. The SMILES string of the molecule is O=C(CNc1ccc2c3c(cccc13)CC2)NC(C1CC1)C1CC1. The molecule has 2 saturated carbocycles. The third kappa shape index (κ3) is 2.56. The van der Waals surface area contributed by atoms with Crippen LogP contribution in [0, 0.1) is 11.8 Å². The van der Waals surface area contributed by atoms with Crippen molar-refractivity contribution in [2.75, 3.05) is 11.9 Å². The van der Waals surface area contributed by atoms with Crippen molar-refractivity contribution in [1.29, 1.82) is 0 Å². The Balaban J connectivity index is 1.30. The Kier molecular flexibility index (Phi) is 3.29. The lowest BCUT2D eigenvalue weighted by molar-refractivity contribution is -0.120. The van der Waals surface area contributed by atoms with E-state index in [2.05, 4.69) is 41.0 Å². The van der Waals surface area contributed by atoms with Gasteiger partial charge in [-0.15, -0.1) is 0 Å². The zero-order valence-corrected chi connectivity index (χ0v) is 14.0. The molecule has 0 spiro atoms. The van der Waals surface area contributed by atoms with Crippen LogP contribution in [0.5, 0.6) is 0 Å². The number of carbonyl (C=O) groups is 1. The summed E-state index contributed by atoms with van der Waals surface area (Å²) in [6.45, 7) is 0.370. The first kappa shape index (κ1) is 14.3. The van der Waals surface area contributed by atoms with Gasteiger partial charge >= 0.3 is 0 Å². The summed E-state index contributed by atoms with van der Waals surface area (Å²) in [5.41, 5.74) is 3.97. The number of carbonyl (C=O) groups excluding carboxylic acids is 1. The van der Waals surface area contributed by atoms with Crippen LogP contribution in [0.1, 0.15) is 36.8 Å². The zero-order chi connectivity index (χ0) is 16.1. The van der Waals surface area contributed by atoms with Gasteiger partial charge in [-0.1, -0.05) is 24.3 Å². The molecule has 0 atom stereocenters. The predicted molar refractivity (Wildman–Crippen MR) is 97.2 cm³/mol. The van der Waals surface area contributed by atoms with Crippen LogP contribution in [0.25, 0.3) is 10.8 Å². The maximum absolute atomic E-state index is 12.4. The van der Waals surface area contributed by atoms with Crippen LogP contribution in [-0.2, 0) is 17.6 Å². The number of hydrogen-bond donors (Lipinski definition) is 2. The van der Waals surface area contributed by atoms with Crippen LogP contribution >= 0.6 is 0 Å². The summed E-state index contributed by atoms with van der Waals surface area (Å²) in [6, 6.07) is 11.3. The molecule has 0 heterocycles. The number of rotatable bonds is 6. The summed E-state index contributed by atoms with van der Waals surface area (Å²) in [5.74, 6) is 1.64. The van der Waals surface area contributed by atoms with Crippen molar-refractivity contribution in [3.05, 3.63) is 41.5 Å². The molecule has 2 aromatic carbocycles. The van der Waals surface area contributed by atoms with Crippen molar-refractivity contribution in [3.8, 4) is 0 Å². The standard InChI is InChI=1S/C21H24N2O/c24-19(23-21(15-6-7-15)16-8-9-16)12-22-18-11-10-14-5-4-13-2-1-3-17(18)20(13)14/h1-3,10-11,15-16,21-22H,4-9,12H2,(H,23,24). The van der Waals surface area contributed by atoms with E-state index in [9.17, 15) is 4.79 Å². The number of anilines is 1. The highest BCUT2D eigenvalue weighted by atomic mass is 16.2. The van der Waals surface area contributed by atoms with Crippen LogP contribution in [0.3, 0.4) is 0 Å². The quantitative estimate of drug-likeness (QED) is 0.853. The predicted octanol–water partition coefficient (Wildman–Crippen LogP) is 3.66. The van der Waals surface area contributed by atoms with E-state index in [-0.39, 0.29) is 5.91 Å². The maximum Gasteiger partial charge on any atom is 0.239 e. The van der Waals surface area contributed by atoms with Crippen LogP contribution in [0.2, 0.25) is 0 Å². The first-order valence-corrected chi connectivity index (χ1v) is 9.36. The van der Waals surface area contributed by atoms with Gasteiger partial charge in [-0.2, -0.15) is 0 Å². The van der Waals surface area contributed by atoms with Gasteiger partial charge in [-0.25, -0.2) is 0 Å². The first-order chi connectivity index (χ1) is 11.8. The largest absolute Gasteiger partial charge is 0.376 e. The van der Waals surface area contributed by atoms with Crippen LogP contribution in [0.4, 0.5) is 5.69 Å². The van der Waals surface area contributed by atoms with E-state index in [1.165, 1.54) is 47.6 Å². The number of nitrogens with one attached hydrogen (secondary N) is 2. The molecule has 3 aliphatic carbocycles. The minimum absolute atomic E-state index is 0.141. The zero-order valence-electron chi connectivity index (χ0n) is 14.0. The first-order valence-electron chi connectivity index (χ1n) is 9.36. The Hall–Kier alpha value is -2.03. The van der Waals surface area contributed by atoms with Crippen LogP contribution < -0.4 is 10.6 Å². The van der Waals surface area contributed by atoms with Gasteiger partial charge in [0.2, 0.25) is 5.91 Å². The van der Waals surface area contributed by atoms with E-state index >= 15 is 0 Å². The van der Waals surface area contributed by atoms with Gasteiger partial charge in [-0.05, 0) is 72.9 Å². The number of aryl methyl sites for hydroxylation is 2. The Morgan fingerprint density at radius 3 is 2.42 bits per heavy atom. The van der Waals surface area contributed by atoms with Crippen molar-refractivity contribution >= 4 is 22.4 Å². The second-order valence-corrected chi connectivity index (χ2v) is 7.73. The molecular formula is C21H24N2O. The molecule has 3 aliphatic rings. The summed E-state index contributed by atoms with van der Waals surface area (Å²) in [4.78, 5) is 12.4. The molecule has 124 valence electrons. The minimum Gasteiger partial charge on any atom is -0.376 e. The van der Waals surface area contributed by atoms with Gasteiger partial charge < -0.3 is 10.6 Å². The van der Waals surface area contributed by atoms with E-state index in [0.717, 1.165) is 30.4 Å². The molecule has 1 amide bonds. The highest BCUT2D eigenvalue weighted by molar-refractivity contribution is 6.00. The summed E-state index contributed by atoms with van der Waals surface area (Å²) in [5, 5.41) is 9.33. The lowest BCUT2D eigenvalue weighted by Gasteiger charge is -2.18. The Bertz CT molecular complexity index is 783. The Morgan fingerprint density at radius 1 is 1.00 bits per heavy atom. The smallest absolute Gasteiger partial charge is 0.239 e. The lowest BCUT2D eigenvalue weighted by atomic mass is 10.0. The summed E-state index contributed by atoms with van der Waals surface area (Å²) in [7, 11) is 0. The lowest BCUT2D eigenvalue weighted by Crippen LogP contribution is -2.41. The second-order valence-electron chi connectivity index (χ2n) is 7.73. The molecule has 5 rings (SSSR count). The molecule has 0 bridgehead atoms. The average Bonchev–Trinajstić information content (AvgIpc) is 3.51. The summed E-state index contributed by atoms with van der Waals surface area (Å²) < 4.78 is 0. The normalized spacial score (nSPS) is 19.0. The van der Waals surface area contributed by atoms with Crippen LogP contribution in [0.15, 0.2) is 30.3 Å². The van der Waals surface area contributed by atoms with Crippen molar-refractivity contribution in [3.63, 3.8) is 0 Å². The number of hydrogen-bond acceptors (Lipinski definition) is 2. The number of amides is 1. The molecule has 0 unspecified atom stereocenters. The van der Waals surface area contributed by atoms with E-state index in [4.69, 9.17) is 0 Å². The number of benzene rings is 2. The topological polar surface area (TPSA) is 41.1 Å². The summed E-state index contributed by atoms with van der Waals surface area (Å²) in [6.07, 6.45) is 7.46. The van der Waals surface area contributed by atoms with Crippen molar-refractivity contribution in [2.24, 2.45) is 11.8 Å². The van der Waals surface area contributed by atoms with E-state index < -0.39 is 0 Å². The summed E-state index contributed by atoms with van der Waals surface area (Å²) >= 11 is 0. The fraction of sp³-hybridized carbons (Fsp3) is 0.476. The third-order valence-corrected chi connectivity index (χ3v) is 5.90. The van der Waals surface area contributed by atoms with Crippen molar-refractivity contribution < 1.29 is 4.79 Å². The Morgan fingerprint density at radius 2 is 1.71 bits per heavy atom. The van der Waals surface area contributed by atoms with Gasteiger partial charge in [-0.3, -0.25) is 4.79 Å². The van der Waals surface area contributed by atoms with Gasteiger partial charge in [0, 0.05) is 17.1 Å². The monoisotopic (exact) mass is 320 g/mol. The van der Waals surface area contributed by atoms with Gasteiger partial charge in [0.05, 0.1) is 6.54 Å². The minimum atomic E-state index is 0.141. The van der Waals surface area contributed by atoms with E-state index in [1.54, 1.807) is 0 Å². The highest BCUT2D eigenvalue weighted by Gasteiger charge is 2.42. The highest BCUT2D eigenvalue weighted by Crippen LogP contribution is 2.44. The van der Waals surface area contributed by atoms with Crippen molar-refractivity contribution in [2.45, 2.75) is 44.6 Å². The van der Waals surface area contributed by atoms with Crippen molar-refractivity contribution in [1.82, 2.24) is 5.32 Å². The Labute approximate surface area is 142 Å². The molecule has 0 radical (unpaired) electrons. The third-order valence-electron chi connectivity index (χ3n) is 5.90. The van der Waals surface area contributed by atoms with Crippen LogP contribution in [-0.4, -0.2) is 18.5 Å². The average molecular weight is 320 g/mol. The molecule has 2 aromatic rings.